The Balaban J connectivity index is 2.42. The zero-order valence-electron chi connectivity index (χ0n) is 13.4. The second-order valence-electron chi connectivity index (χ2n) is 5.01. The maximum absolute atomic E-state index is 12.2. The average Bonchev–Trinajstić information content (AvgIpc) is 3.02. The molecule has 4 heteroatoms. The summed E-state index contributed by atoms with van der Waals surface area (Å²) in [7, 11) is 0. The first-order chi connectivity index (χ1) is 11.2. The Morgan fingerprint density at radius 3 is 2.74 bits per heavy atom. The molecule has 0 fully saturated rings. The number of esters is 1. The third-order valence-electron chi connectivity index (χ3n) is 3.55. The van der Waals surface area contributed by atoms with E-state index < -0.39 is 5.97 Å². The standard InChI is InChI=1S/C19H21NO3/c1-4-7-11-14(5-2)16-17(19(21)22-6-3)20-23-18(16)15-12-9-8-10-13-15/h4-5,7-13,16,18H,2,6H2,1,3H3/b7-4-,14-11+. The first-order valence-electron chi connectivity index (χ1n) is 7.64. The van der Waals surface area contributed by atoms with Gasteiger partial charge in [-0.2, -0.15) is 0 Å². The molecule has 0 N–H and O–H groups in total. The van der Waals surface area contributed by atoms with Crippen molar-refractivity contribution in [1.82, 2.24) is 0 Å². The van der Waals surface area contributed by atoms with Crippen molar-refractivity contribution in [2.24, 2.45) is 11.1 Å². The van der Waals surface area contributed by atoms with Gasteiger partial charge in [0.15, 0.2) is 11.8 Å². The third kappa shape index (κ3) is 3.77. The quantitative estimate of drug-likeness (QED) is 0.589. The molecule has 0 radical (unpaired) electrons. The molecule has 0 spiro atoms. The molecule has 1 aromatic carbocycles. The number of ether oxygens (including phenoxy) is 1. The van der Waals surface area contributed by atoms with E-state index in [0.29, 0.717) is 6.61 Å². The molecule has 0 aliphatic carbocycles. The number of rotatable bonds is 6. The number of nitrogens with zero attached hydrogens (tertiary/aromatic N) is 1. The third-order valence-corrected chi connectivity index (χ3v) is 3.55. The van der Waals surface area contributed by atoms with Crippen LogP contribution in [0.25, 0.3) is 0 Å². The van der Waals surface area contributed by atoms with Crippen molar-refractivity contribution < 1.29 is 14.4 Å². The number of hydrogen-bond donors (Lipinski definition) is 0. The molecule has 0 saturated heterocycles. The van der Waals surface area contributed by atoms with Crippen molar-refractivity contribution in [2.75, 3.05) is 6.61 Å². The minimum absolute atomic E-state index is 0.274. The minimum Gasteiger partial charge on any atom is -0.461 e. The van der Waals surface area contributed by atoms with Crippen LogP contribution in [0.4, 0.5) is 0 Å². The van der Waals surface area contributed by atoms with Crippen LogP contribution in [0.5, 0.6) is 0 Å². The zero-order valence-corrected chi connectivity index (χ0v) is 13.4. The molecule has 0 saturated carbocycles. The lowest BCUT2D eigenvalue weighted by Gasteiger charge is -2.19. The fourth-order valence-electron chi connectivity index (χ4n) is 2.48. The van der Waals surface area contributed by atoms with Crippen LogP contribution < -0.4 is 0 Å². The van der Waals surface area contributed by atoms with Crippen LogP contribution in [0.3, 0.4) is 0 Å². The molecule has 0 aromatic heterocycles. The van der Waals surface area contributed by atoms with Gasteiger partial charge in [0.2, 0.25) is 0 Å². The van der Waals surface area contributed by atoms with Gasteiger partial charge in [-0.25, -0.2) is 4.79 Å². The predicted octanol–water partition coefficient (Wildman–Crippen LogP) is 3.98. The summed E-state index contributed by atoms with van der Waals surface area (Å²) in [5, 5.41) is 4.00. The van der Waals surface area contributed by atoms with E-state index in [2.05, 4.69) is 11.7 Å². The van der Waals surface area contributed by atoms with E-state index in [9.17, 15) is 4.79 Å². The van der Waals surface area contributed by atoms with E-state index >= 15 is 0 Å². The fraction of sp³-hybridized carbons (Fsp3) is 0.263. The molecule has 1 aliphatic rings. The van der Waals surface area contributed by atoms with Gasteiger partial charge in [0.25, 0.3) is 0 Å². The Kier molecular flexibility index (Phi) is 5.92. The maximum atomic E-state index is 12.2. The number of benzene rings is 1. The molecule has 2 unspecified atom stereocenters. The van der Waals surface area contributed by atoms with Crippen LogP contribution in [0.1, 0.15) is 25.5 Å². The largest absolute Gasteiger partial charge is 0.461 e. The molecule has 2 atom stereocenters. The second kappa shape index (κ2) is 8.13. The summed E-state index contributed by atoms with van der Waals surface area (Å²) < 4.78 is 5.11. The van der Waals surface area contributed by atoms with Crippen LogP contribution in [0.15, 0.2) is 71.9 Å². The van der Waals surface area contributed by atoms with Gasteiger partial charge in [0.1, 0.15) is 0 Å². The summed E-state index contributed by atoms with van der Waals surface area (Å²) >= 11 is 0. The highest BCUT2D eigenvalue weighted by Crippen LogP contribution is 2.38. The molecule has 1 heterocycles. The van der Waals surface area contributed by atoms with Gasteiger partial charge in [-0.15, -0.1) is 0 Å². The van der Waals surface area contributed by atoms with E-state index in [0.717, 1.165) is 11.1 Å². The Labute approximate surface area is 136 Å². The van der Waals surface area contributed by atoms with Crippen molar-refractivity contribution in [3.63, 3.8) is 0 Å². The van der Waals surface area contributed by atoms with E-state index in [4.69, 9.17) is 9.57 Å². The summed E-state index contributed by atoms with van der Waals surface area (Å²) in [6.45, 7) is 7.85. The predicted molar refractivity (Wildman–Crippen MR) is 90.9 cm³/mol. The lowest BCUT2D eigenvalue weighted by atomic mass is 9.85. The van der Waals surface area contributed by atoms with E-state index in [1.54, 1.807) is 13.0 Å². The lowest BCUT2D eigenvalue weighted by molar-refractivity contribution is -0.135. The van der Waals surface area contributed by atoms with Crippen LogP contribution in [-0.4, -0.2) is 18.3 Å². The normalized spacial score (nSPS) is 21.0. The van der Waals surface area contributed by atoms with Gasteiger partial charge in [-0.3, -0.25) is 0 Å². The number of allylic oxidation sites excluding steroid dienone is 4. The molecular formula is C19H21NO3. The summed E-state index contributed by atoms with van der Waals surface area (Å²) in [5.41, 5.74) is 2.09. The molecule has 4 nitrogen and oxygen atoms in total. The molecule has 1 aliphatic heterocycles. The highest BCUT2D eigenvalue weighted by atomic mass is 16.6. The van der Waals surface area contributed by atoms with Crippen molar-refractivity contribution in [3.8, 4) is 0 Å². The monoisotopic (exact) mass is 311 g/mol. The highest BCUT2D eigenvalue weighted by molar-refractivity contribution is 6.38. The van der Waals surface area contributed by atoms with Crippen LogP contribution in [-0.2, 0) is 14.4 Å². The van der Waals surface area contributed by atoms with Crippen molar-refractivity contribution in [3.05, 3.63) is 72.4 Å². The summed E-state index contributed by atoms with van der Waals surface area (Å²) in [4.78, 5) is 17.8. The number of carbonyl (C=O) groups excluding carboxylic acids is 1. The Morgan fingerprint density at radius 1 is 1.39 bits per heavy atom. The van der Waals surface area contributed by atoms with Gasteiger partial charge in [0.05, 0.1) is 12.5 Å². The zero-order chi connectivity index (χ0) is 16.7. The topological polar surface area (TPSA) is 47.9 Å². The van der Waals surface area contributed by atoms with Crippen molar-refractivity contribution >= 4 is 11.7 Å². The minimum atomic E-state index is -0.454. The van der Waals surface area contributed by atoms with E-state index in [1.165, 1.54) is 0 Å². The maximum Gasteiger partial charge on any atom is 0.356 e. The van der Waals surface area contributed by atoms with Gasteiger partial charge in [-0.05, 0) is 25.0 Å². The molecular weight excluding hydrogens is 290 g/mol. The Bertz CT molecular complexity index is 644. The summed E-state index contributed by atoms with van der Waals surface area (Å²) in [6, 6.07) is 9.71. The summed E-state index contributed by atoms with van der Waals surface area (Å²) in [5.74, 6) is -0.797. The van der Waals surface area contributed by atoms with E-state index in [1.807, 2.05) is 55.5 Å². The molecule has 120 valence electrons. The van der Waals surface area contributed by atoms with Crippen molar-refractivity contribution in [1.29, 1.82) is 0 Å². The lowest BCUT2D eigenvalue weighted by Crippen LogP contribution is -2.27. The Morgan fingerprint density at radius 2 is 2.13 bits per heavy atom. The molecule has 23 heavy (non-hydrogen) atoms. The molecule has 2 rings (SSSR count). The average molecular weight is 311 g/mol. The van der Waals surface area contributed by atoms with Gasteiger partial charge in [-0.1, -0.05) is 66.4 Å². The summed E-state index contributed by atoms with van der Waals surface area (Å²) in [6.07, 6.45) is 7.09. The fourth-order valence-corrected chi connectivity index (χ4v) is 2.48. The number of carbonyl (C=O) groups is 1. The Hall–Kier alpha value is -2.62. The number of hydrogen-bond acceptors (Lipinski definition) is 4. The van der Waals surface area contributed by atoms with Crippen LogP contribution >= 0.6 is 0 Å². The van der Waals surface area contributed by atoms with Gasteiger partial charge >= 0.3 is 5.97 Å². The van der Waals surface area contributed by atoms with E-state index in [-0.39, 0.29) is 17.7 Å². The molecule has 1 aromatic rings. The molecule has 0 bridgehead atoms. The van der Waals surface area contributed by atoms with Crippen LogP contribution in [0, 0.1) is 5.92 Å². The first-order valence-corrected chi connectivity index (χ1v) is 7.64. The van der Waals surface area contributed by atoms with Gasteiger partial charge < -0.3 is 9.57 Å². The van der Waals surface area contributed by atoms with Gasteiger partial charge in [0, 0.05) is 0 Å². The molecule has 0 amide bonds. The smallest absolute Gasteiger partial charge is 0.356 e. The van der Waals surface area contributed by atoms with Crippen molar-refractivity contribution in [2.45, 2.75) is 20.0 Å². The highest BCUT2D eigenvalue weighted by Gasteiger charge is 2.41. The second-order valence-corrected chi connectivity index (χ2v) is 5.01. The van der Waals surface area contributed by atoms with Crippen LogP contribution in [0.2, 0.25) is 0 Å². The first kappa shape index (κ1) is 16.7. The SMILES string of the molecule is C=C/C(=C\C=C/C)C1C(C(=O)OCC)=NOC1c1ccccc1. The number of oxime groups is 1.